The molecule has 0 saturated carbocycles. The van der Waals surface area contributed by atoms with Crippen LogP contribution in [0.1, 0.15) is 43.7 Å². The number of aromatic nitrogens is 2. The quantitative estimate of drug-likeness (QED) is 0.776. The van der Waals surface area contributed by atoms with Crippen molar-refractivity contribution in [1.29, 1.82) is 0 Å². The number of hydrogen-bond acceptors (Lipinski definition) is 2. The molecule has 1 atom stereocenters. The molecule has 0 radical (unpaired) electrons. The van der Waals surface area contributed by atoms with Crippen LogP contribution in [0, 0.1) is 0 Å². The fourth-order valence-electron chi connectivity index (χ4n) is 2.11. The molecule has 0 aromatic carbocycles. The summed E-state index contributed by atoms with van der Waals surface area (Å²) in [5, 5.41) is 3.53. The zero-order valence-corrected chi connectivity index (χ0v) is 9.08. The normalized spacial score (nSPS) is 22.6. The summed E-state index contributed by atoms with van der Waals surface area (Å²) in [4.78, 5) is 4.65. The molecule has 78 valence electrons. The van der Waals surface area contributed by atoms with E-state index in [4.69, 9.17) is 0 Å². The summed E-state index contributed by atoms with van der Waals surface area (Å²) in [6.45, 7) is 3.29. The van der Waals surface area contributed by atoms with Crippen LogP contribution in [0.3, 0.4) is 0 Å². The zero-order valence-electron chi connectivity index (χ0n) is 9.08. The van der Waals surface area contributed by atoms with Crippen molar-refractivity contribution < 1.29 is 0 Å². The second-order valence-corrected chi connectivity index (χ2v) is 4.06. The van der Waals surface area contributed by atoms with E-state index in [1.165, 1.54) is 30.8 Å². The lowest BCUT2D eigenvalue weighted by Gasteiger charge is -2.22. The molecule has 1 aliphatic rings. The summed E-state index contributed by atoms with van der Waals surface area (Å²) in [5.41, 5.74) is 1.20. The molecule has 2 rings (SSSR count). The molecule has 1 unspecified atom stereocenters. The highest BCUT2D eigenvalue weighted by Gasteiger charge is 2.18. The van der Waals surface area contributed by atoms with Crippen LogP contribution in [-0.2, 0) is 13.5 Å². The molecule has 1 aromatic rings. The minimum atomic E-state index is 0.481. The van der Waals surface area contributed by atoms with E-state index in [2.05, 4.69) is 35.0 Å². The van der Waals surface area contributed by atoms with Crippen LogP contribution in [0.4, 0.5) is 0 Å². The molecule has 1 aliphatic heterocycles. The van der Waals surface area contributed by atoms with Crippen LogP contribution in [0.25, 0.3) is 0 Å². The van der Waals surface area contributed by atoms with Crippen LogP contribution >= 0.6 is 0 Å². The second kappa shape index (κ2) is 4.13. The Balaban J connectivity index is 2.17. The number of nitrogens with zero attached hydrogens (tertiary/aromatic N) is 2. The van der Waals surface area contributed by atoms with Crippen molar-refractivity contribution >= 4 is 0 Å². The van der Waals surface area contributed by atoms with E-state index in [9.17, 15) is 0 Å². The number of rotatable bonds is 2. The van der Waals surface area contributed by atoms with Gasteiger partial charge in [0.25, 0.3) is 0 Å². The van der Waals surface area contributed by atoms with E-state index < -0.39 is 0 Å². The van der Waals surface area contributed by atoms with Crippen LogP contribution in [-0.4, -0.2) is 16.1 Å². The summed E-state index contributed by atoms with van der Waals surface area (Å²) in [6, 6.07) is 0.481. The minimum Gasteiger partial charge on any atom is -0.336 e. The molecule has 1 aromatic heterocycles. The van der Waals surface area contributed by atoms with Crippen molar-refractivity contribution in [3.8, 4) is 0 Å². The van der Waals surface area contributed by atoms with Gasteiger partial charge in [-0.3, -0.25) is 0 Å². The van der Waals surface area contributed by atoms with E-state index in [1.54, 1.807) is 0 Å². The Hall–Kier alpha value is -0.830. The average molecular weight is 193 g/mol. The van der Waals surface area contributed by atoms with Crippen molar-refractivity contribution in [3.05, 3.63) is 17.7 Å². The topological polar surface area (TPSA) is 29.9 Å². The van der Waals surface area contributed by atoms with Crippen molar-refractivity contribution in [1.82, 2.24) is 14.9 Å². The molecule has 0 spiro atoms. The first-order valence-electron chi connectivity index (χ1n) is 5.56. The number of aryl methyl sites for hydroxylation is 2. The maximum atomic E-state index is 4.65. The standard InChI is InChI=1S/C11H19N3/c1-3-9-8-14(2)11(13-9)10-6-4-5-7-12-10/h8,10,12H,3-7H2,1-2H3. The summed E-state index contributed by atoms with van der Waals surface area (Å²) in [6.07, 6.45) is 7.04. The van der Waals surface area contributed by atoms with Gasteiger partial charge in [0.05, 0.1) is 11.7 Å². The molecule has 3 heteroatoms. The Morgan fingerprint density at radius 3 is 3.00 bits per heavy atom. The van der Waals surface area contributed by atoms with E-state index in [1.807, 2.05) is 0 Å². The molecule has 3 nitrogen and oxygen atoms in total. The van der Waals surface area contributed by atoms with Gasteiger partial charge < -0.3 is 9.88 Å². The molecule has 1 fully saturated rings. The smallest absolute Gasteiger partial charge is 0.125 e. The summed E-state index contributed by atoms with van der Waals surface area (Å²) in [7, 11) is 2.10. The lowest BCUT2D eigenvalue weighted by molar-refractivity contribution is 0.390. The largest absolute Gasteiger partial charge is 0.336 e. The molecular weight excluding hydrogens is 174 g/mol. The highest BCUT2D eigenvalue weighted by atomic mass is 15.1. The van der Waals surface area contributed by atoms with Crippen LogP contribution < -0.4 is 5.32 Å². The predicted octanol–water partition coefficient (Wildman–Crippen LogP) is 1.80. The fourth-order valence-corrected chi connectivity index (χ4v) is 2.11. The maximum absolute atomic E-state index is 4.65. The first-order valence-corrected chi connectivity index (χ1v) is 5.56. The minimum absolute atomic E-state index is 0.481. The summed E-state index contributed by atoms with van der Waals surface area (Å²) < 4.78 is 2.17. The predicted molar refractivity (Wildman–Crippen MR) is 57.2 cm³/mol. The second-order valence-electron chi connectivity index (χ2n) is 4.06. The Labute approximate surface area is 85.5 Å². The first kappa shape index (κ1) is 9.71. The summed E-state index contributed by atoms with van der Waals surface area (Å²) in [5.74, 6) is 1.21. The molecule has 0 aliphatic carbocycles. The van der Waals surface area contributed by atoms with Crippen LogP contribution in [0.5, 0.6) is 0 Å². The van der Waals surface area contributed by atoms with Gasteiger partial charge in [0.15, 0.2) is 0 Å². The third-order valence-corrected chi connectivity index (χ3v) is 2.95. The summed E-state index contributed by atoms with van der Waals surface area (Å²) >= 11 is 0. The Bertz CT molecular complexity index is 297. The van der Waals surface area contributed by atoms with Gasteiger partial charge in [-0.2, -0.15) is 0 Å². The Morgan fingerprint density at radius 2 is 2.43 bits per heavy atom. The first-order chi connectivity index (χ1) is 6.81. The molecule has 1 saturated heterocycles. The van der Waals surface area contributed by atoms with Gasteiger partial charge in [-0.25, -0.2) is 4.98 Å². The lowest BCUT2D eigenvalue weighted by Crippen LogP contribution is -2.28. The van der Waals surface area contributed by atoms with Gasteiger partial charge in [0, 0.05) is 13.2 Å². The molecule has 0 amide bonds. The lowest BCUT2D eigenvalue weighted by atomic mass is 10.0. The molecule has 1 N–H and O–H groups in total. The Morgan fingerprint density at radius 1 is 1.57 bits per heavy atom. The highest BCUT2D eigenvalue weighted by Crippen LogP contribution is 2.21. The maximum Gasteiger partial charge on any atom is 0.125 e. The van der Waals surface area contributed by atoms with Gasteiger partial charge in [-0.1, -0.05) is 13.3 Å². The van der Waals surface area contributed by atoms with E-state index in [0.29, 0.717) is 6.04 Å². The molecule has 14 heavy (non-hydrogen) atoms. The average Bonchev–Trinajstić information content (AvgIpc) is 2.61. The highest BCUT2D eigenvalue weighted by molar-refractivity contribution is 5.07. The van der Waals surface area contributed by atoms with Crippen molar-refractivity contribution in [3.63, 3.8) is 0 Å². The molecule has 2 heterocycles. The van der Waals surface area contributed by atoms with Crippen molar-refractivity contribution in [2.24, 2.45) is 7.05 Å². The third kappa shape index (κ3) is 1.82. The number of imidazole rings is 1. The van der Waals surface area contributed by atoms with E-state index in [0.717, 1.165) is 13.0 Å². The van der Waals surface area contributed by atoms with Gasteiger partial charge in [0.2, 0.25) is 0 Å². The van der Waals surface area contributed by atoms with Gasteiger partial charge in [0.1, 0.15) is 5.82 Å². The number of nitrogens with one attached hydrogen (secondary N) is 1. The molecular formula is C11H19N3. The SMILES string of the molecule is CCc1cn(C)c(C2CCCCN2)n1. The van der Waals surface area contributed by atoms with Crippen LogP contribution in [0.15, 0.2) is 6.20 Å². The van der Waals surface area contributed by atoms with Crippen molar-refractivity contribution in [2.75, 3.05) is 6.54 Å². The number of piperidine rings is 1. The molecule has 0 bridgehead atoms. The van der Waals surface area contributed by atoms with E-state index >= 15 is 0 Å². The third-order valence-electron chi connectivity index (χ3n) is 2.95. The van der Waals surface area contributed by atoms with Gasteiger partial charge in [-0.05, 0) is 25.8 Å². The van der Waals surface area contributed by atoms with Gasteiger partial charge in [-0.15, -0.1) is 0 Å². The van der Waals surface area contributed by atoms with Gasteiger partial charge >= 0.3 is 0 Å². The van der Waals surface area contributed by atoms with Crippen LogP contribution in [0.2, 0.25) is 0 Å². The zero-order chi connectivity index (χ0) is 9.97. The van der Waals surface area contributed by atoms with Crippen molar-refractivity contribution in [2.45, 2.75) is 38.6 Å². The Kier molecular flexibility index (Phi) is 2.87. The number of hydrogen-bond donors (Lipinski definition) is 1. The fraction of sp³-hybridized carbons (Fsp3) is 0.727. The van der Waals surface area contributed by atoms with E-state index in [-0.39, 0.29) is 0 Å². The monoisotopic (exact) mass is 193 g/mol.